The van der Waals surface area contributed by atoms with Gasteiger partial charge in [0.25, 0.3) is 8.32 Å². The third kappa shape index (κ3) is 6.86. The van der Waals surface area contributed by atoms with Crippen LogP contribution in [0.1, 0.15) is 78.2 Å². The Morgan fingerprint density at radius 2 is 1.31 bits per heavy atom. The van der Waals surface area contributed by atoms with E-state index in [2.05, 4.69) is 13.8 Å². The van der Waals surface area contributed by atoms with Gasteiger partial charge in [-0.15, -0.1) is 0 Å². The Bertz CT molecular complexity index is 1660. The van der Waals surface area contributed by atoms with Gasteiger partial charge in [0, 0.05) is 11.4 Å². The number of unbranched alkanes of at least 4 members (excludes halogenated alkanes) is 3. The molecular formula is C35H38F8OSi. The lowest BCUT2D eigenvalue weighted by atomic mass is 9.96. The summed E-state index contributed by atoms with van der Waals surface area (Å²) in [5, 5.41) is -5.53. The normalized spacial score (nSPS) is 14.0. The Labute approximate surface area is 259 Å². The van der Waals surface area contributed by atoms with Crippen LogP contribution in [0.5, 0.6) is 5.75 Å². The molecule has 244 valence electrons. The number of rotatable bonds is 14. The molecule has 0 heterocycles. The van der Waals surface area contributed by atoms with Crippen LogP contribution in [0.15, 0.2) is 36.4 Å². The van der Waals surface area contributed by atoms with Gasteiger partial charge in [-0.05, 0) is 35.6 Å². The first kappa shape index (κ1) is 34.7. The van der Waals surface area contributed by atoms with Gasteiger partial charge < -0.3 is 4.43 Å². The molecule has 4 rings (SSSR count). The highest BCUT2D eigenvalue weighted by Crippen LogP contribution is 2.44. The predicted octanol–water partition coefficient (Wildman–Crippen LogP) is 12.0. The number of halogens is 8. The number of hydrogen-bond donors (Lipinski definition) is 0. The maximum absolute atomic E-state index is 16.2. The first-order valence-electron chi connectivity index (χ1n) is 15.6. The van der Waals surface area contributed by atoms with Crippen LogP contribution in [0.25, 0.3) is 21.5 Å². The number of benzene rings is 4. The molecule has 0 aliphatic carbocycles. The molecule has 4 aromatic rings. The molecule has 0 bridgehead atoms. The summed E-state index contributed by atoms with van der Waals surface area (Å²) in [6, 6.07) is 10.00. The molecule has 0 aliphatic heterocycles. The topological polar surface area (TPSA) is 9.23 Å². The fourth-order valence-corrected chi connectivity index (χ4v) is 10.2. The van der Waals surface area contributed by atoms with Gasteiger partial charge in [-0.2, -0.15) is 4.39 Å². The van der Waals surface area contributed by atoms with Gasteiger partial charge in [-0.25, -0.2) is 30.7 Å². The van der Waals surface area contributed by atoms with Crippen molar-refractivity contribution in [1.29, 1.82) is 0 Å². The van der Waals surface area contributed by atoms with E-state index in [4.69, 9.17) is 4.43 Å². The second kappa shape index (κ2) is 14.5. The summed E-state index contributed by atoms with van der Waals surface area (Å²) < 4.78 is 128. The molecule has 0 fully saturated rings. The lowest BCUT2D eigenvalue weighted by Crippen LogP contribution is -2.48. The summed E-state index contributed by atoms with van der Waals surface area (Å²) >= 11 is 0. The second-order valence-electron chi connectivity index (χ2n) is 12.2. The van der Waals surface area contributed by atoms with Gasteiger partial charge in [-0.3, -0.25) is 0 Å². The molecule has 2 unspecified atom stereocenters. The van der Waals surface area contributed by atoms with E-state index < -0.39 is 82.1 Å². The maximum Gasteiger partial charge on any atom is 0.258 e. The smallest absolute Gasteiger partial charge is 0.258 e. The van der Waals surface area contributed by atoms with Crippen LogP contribution in [0, 0.1) is 52.5 Å². The van der Waals surface area contributed by atoms with Crippen molar-refractivity contribution in [3.8, 4) is 5.75 Å². The summed E-state index contributed by atoms with van der Waals surface area (Å²) in [6.45, 7) is 7.91. The van der Waals surface area contributed by atoms with Crippen molar-refractivity contribution >= 4 is 29.9 Å². The summed E-state index contributed by atoms with van der Waals surface area (Å²) in [7, 11) is -3.32. The Balaban J connectivity index is 1.89. The minimum atomic E-state index is -3.32. The minimum Gasteiger partial charge on any atom is -0.539 e. The van der Waals surface area contributed by atoms with Crippen LogP contribution in [-0.2, 0) is 6.04 Å². The molecule has 4 aromatic carbocycles. The van der Waals surface area contributed by atoms with Crippen molar-refractivity contribution in [2.75, 3.05) is 0 Å². The van der Waals surface area contributed by atoms with Crippen molar-refractivity contribution in [2.24, 2.45) is 5.92 Å². The molecule has 1 nitrogen and oxygen atoms in total. The number of hydrogen-bond acceptors (Lipinski definition) is 1. The number of fused-ring (bicyclic) bond motifs is 2. The molecule has 0 aromatic heterocycles. The molecule has 0 N–H and O–H groups in total. The summed E-state index contributed by atoms with van der Waals surface area (Å²) in [4.78, 5) is 0. The zero-order chi connectivity index (χ0) is 33.1. The zero-order valence-corrected chi connectivity index (χ0v) is 26.9. The fraction of sp³-hybridized carbons (Fsp3) is 0.429. The van der Waals surface area contributed by atoms with Crippen molar-refractivity contribution in [1.82, 2.24) is 0 Å². The van der Waals surface area contributed by atoms with Crippen molar-refractivity contribution in [3.63, 3.8) is 0 Å². The largest absolute Gasteiger partial charge is 0.539 e. The van der Waals surface area contributed by atoms with E-state index in [0.29, 0.717) is 24.4 Å². The SMILES string of the molecule is CCCCCCC(CC)CC[Si](Cc1ccccc1)(Oc1c(F)c(F)c2c(F)c3cc(F)c(F)c(F)c3c(F)c2c1F)C(C)C. The predicted molar refractivity (Wildman–Crippen MR) is 165 cm³/mol. The van der Waals surface area contributed by atoms with Gasteiger partial charge >= 0.3 is 0 Å². The Morgan fingerprint density at radius 1 is 0.667 bits per heavy atom. The summed E-state index contributed by atoms with van der Waals surface area (Å²) in [5.41, 5.74) is 0.569. The van der Waals surface area contributed by atoms with Gasteiger partial charge in [0.2, 0.25) is 5.82 Å². The highest BCUT2D eigenvalue weighted by molar-refractivity contribution is 6.75. The van der Waals surface area contributed by atoms with Gasteiger partial charge in [0.1, 0.15) is 11.6 Å². The Kier molecular flexibility index (Phi) is 11.2. The van der Waals surface area contributed by atoms with Crippen molar-refractivity contribution < 1.29 is 39.5 Å². The quantitative estimate of drug-likeness (QED) is 0.0328. The molecule has 2 atom stereocenters. The molecule has 0 amide bonds. The van der Waals surface area contributed by atoms with Crippen molar-refractivity contribution in [2.45, 2.75) is 90.3 Å². The monoisotopic (exact) mass is 654 g/mol. The lowest BCUT2D eigenvalue weighted by Gasteiger charge is -2.37. The minimum absolute atomic E-state index is 0.119. The second-order valence-corrected chi connectivity index (χ2v) is 16.5. The van der Waals surface area contributed by atoms with E-state index in [0.717, 1.165) is 44.1 Å². The zero-order valence-electron chi connectivity index (χ0n) is 25.9. The molecule has 10 heteroatoms. The summed E-state index contributed by atoms with van der Waals surface area (Å²) in [6.07, 6.45) is 6.90. The molecule has 0 saturated heterocycles. The molecular weight excluding hydrogens is 616 g/mol. The van der Waals surface area contributed by atoms with E-state index in [-0.39, 0.29) is 11.6 Å². The van der Waals surface area contributed by atoms with Gasteiger partial charge in [-0.1, -0.05) is 96.6 Å². The third-order valence-electron chi connectivity index (χ3n) is 9.06. The van der Waals surface area contributed by atoms with Crippen molar-refractivity contribution in [3.05, 3.63) is 88.5 Å². The third-order valence-corrected chi connectivity index (χ3v) is 13.9. The van der Waals surface area contributed by atoms with E-state index in [1.165, 1.54) is 0 Å². The van der Waals surface area contributed by atoms with Crippen LogP contribution in [0.3, 0.4) is 0 Å². The Hall–Kier alpha value is -3.14. The van der Waals surface area contributed by atoms with Gasteiger partial charge in [0.15, 0.2) is 34.8 Å². The Morgan fingerprint density at radius 3 is 1.93 bits per heavy atom. The van der Waals surface area contributed by atoms with E-state index in [1.807, 2.05) is 44.2 Å². The van der Waals surface area contributed by atoms with Crippen LogP contribution < -0.4 is 4.43 Å². The average Bonchev–Trinajstić information content (AvgIpc) is 3.02. The fourth-order valence-electron chi connectivity index (χ4n) is 6.17. The van der Waals surface area contributed by atoms with Gasteiger partial charge in [0.05, 0.1) is 16.2 Å². The van der Waals surface area contributed by atoms with Crippen LogP contribution >= 0.6 is 0 Å². The lowest BCUT2D eigenvalue weighted by molar-refractivity contribution is 0.391. The highest BCUT2D eigenvalue weighted by Gasteiger charge is 2.43. The van der Waals surface area contributed by atoms with Crippen LogP contribution in [0.4, 0.5) is 35.1 Å². The standard InChI is InChI=1S/C35H38F8OSi/c1-5-7-8-10-13-21(6-2)16-17-45(20(3)4,19-22-14-11-9-12-15-22)44-35-33(42)27-26(32(41)34(35)43)28(37)23-18-24(36)29(38)31(40)25(23)30(27)39/h9,11-12,14-15,18,20-21H,5-8,10,13,16-17,19H2,1-4H3. The summed E-state index contributed by atoms with van der Waals surface area (Å²) in [5.74, 6) is -16.4. The first-order valence-corrected chi connectivity index (χ1v) is 18.0. The maximum atomic E-state index is 16.2. The van der Waals surface area contributed by atoms with Crippen LogP contribution in [-0.4, -0.2) is 8.32 Å². The molecule has 0 radical (unpaired) electrons. The molecule has 0 spiro atoms. The molecule has 0 aliphatic rings. The van der Waals surface area contributed by atoms with E-state index in [1.54, 1.807) is 0 Å². The van der Waals surface area contributed by atoms with E-state index >= 15 is 22.0 Å². The molecule has 45 heavy (non-hydrogen) atoms. The average molecular weight is 655 g/mol. The van der Waals surface area contributed by atoms with E-state index in [9.17, 15) is 13.2 Å². The molecule has 0 saturated carbocycles. The van der Waals surface area contributed by atoms with Crippen LogP contribution in [0.2, 0.25) is 11.6 Å². The highest BCUT2D eigenvalue weighted by atomic mass is 28.4. The first-order chi connectivity index (χ1) is 21.4.